The molecule has 2 aliphatic carbocycles. The predicted molar refractivity (Wildman–Crippen MR) is 71.6 cm³/mol. The Balaban J connectivity index is 0.00000162. The van der Waals surface area contributed by atoms with Crippen LogP contribution in [0.15, 0.2) is 44.8 Å². The largest absolute Gasteiger partial charge is 1.00 e. The molecular formula is C16H22Cl2Zr. The van der Waals surface area contributed by atoms with Crippen LogP contribution in [0.25, 0.3) is 0 Å². The van der Waals surface area contributed by atoms with Crippen LogP contribution in [-0.2, 0) is 23.2 Å². The van der Waals surface area contributed by atoms with Gasteiger partial charge in [-0.1, -0.05) is 0 Å². The summed E-state index contributed by atoms with van der Waals surface area (Å²) in [6.45, 7) is 7.05. The van der Waals surface area contributed by atoms with E-state index in [0.717, 1.165) is 0 Å². The van der Waals surface area contributed by atoms with Crippen LogP contribution in [0.2, 0.25) is 3.12 Å². The molecule has 0 fully saturated rings. The van der Waals surface area contributed by atoms with Crippen molar-refractivity contribution < 1.29 is 48.0 Å². The summed E-state index contributed by atoms with van der Waals surface area (Å²) in [4.78, 5) is 0. The third kappa shape index (κ3) is 4.73. The average Bonchev–Trinajstić information content (AvgIpc) is 2.84. The Morgan fingerprint density at radius 3 is 2.63 bits per heavy atom. The Labute approximate surface area is 141 Å². The fourth-order valence-electron chi connectivity index (χ4n) is 2.55. The Hall–Kier alpha value is 0.423. The minimum Gasteiger partial charge on any atom is -1.00 e. The van der Waals surface area contributed by atoms with Crippen molar-refractivity contribution in [1.82, 2.24) is 0 Å². The van der Waals surface area contributed by atoms with Gasteiger partial charge in [-0.25, -0.2) is 0 Å². The van der Waals surface area contributed by atoms with Gasteiger partial charge in [0.2, 0.25) is 0 Å². The maximum absolute atomic E-state index is 2.47. The molecular weight excluding hydrogens is 354 g/mol. The van der Waals surface area contributed by atoms with Crippen LogP contribution in [-0.4, -0.2) is 0 Å². The van der Waals surface area contributed by atoms with E-state index in [2.05, 4.69) is 51.2 Å². The van der Waals surface area contributed by atoms with Crippen LogP contribution in [0.5, 0.6) is 0 Å². The quantitative estimate of drug-likeness (QED) is 0.588. The molecule has 0 aromatic carbocycles. The van der Waals surface area contributed by atoms with Gasteiger partial charge < -0.3 is 24.8 Å². The number of allylic oxidation sites excluding steroid dienone is 8. The van der Waals surface area contributed by atoms with E-state index in [0.29, 0.717) is 3.12 Å². The molecule has 0 radical (unpaired) electrons. The minimum absolute atomic E-state index is 0. The summed E-state index contributed by atoms with van der Waals surface area (Å²) in [5.74, 6) is 0. The van der Waals surface area contributed by atoms with E-state index < -0.39 is 23.2 Å². The zero-order chi connectivity index (χ0) is 12.3. The predicted octanol–water partition coefficient (Wildman–Crippen LogP) is -0.824. The molecule has 0 aromatic heterocycles. The molecule has 0 amide bonds. The summed E-state index contributed by atoms with van der Waals surface area (Å²) >= 11 is -0.507. The van der Waals surface area contributed by atoms with Gasteiger partial charge in [-0.05, 0) is 0 Å². The van der Waals surface area contributed by atoms with Gasteiger partial charge in [-0.2, -0.15) is 0 Å². The zero-order valence-corrected chi connectivity index (χ0v) is 15.9. The molecule has 104 valence electrons. The Bertz CT molecular complexity index is 418. The molecule has 0 aliphatic heterocycles. The van der Waals surface area contributed by atoms with E-state index in [1.54, 1.807) is 14.4 Å². The van der Waals surface area contributed by atoms with Gasteiger partial charge in [-0.15, -0.1) is 0 Å². The van der Waals surface area contributed by atoms with Crippen LogP contribution in [0.4, 0.5) is 0 Å². The molecule has 0 bridgehead atoms. The minimum atomic E-state index is -0.507. The Kier molecular flexibility index (Phi) is 8.85. The topological polar surface area (TPSA) is 0 Å². The van der Waals surface area contributed by atoms with E-state index in [9.17, 15) is 0 Å². The molecule has 0 spiro atoms. The van der Waals surface area contributed by atoms with Gasteiger partial charge in [0.1, 0.15) is 0 Å². The van der Waals surface area contributed by atoms with E-state index >= 15 is 0 Å². The molecule has 0 saturated heterocycles. The van der Waals surface area contributed by atoms with E-state index in [-0.39, 0.29) is 24.8 Å². The normalized spacial score (nSPS) is 23.8. The summed E-state index contributed by atoms with van der Waals surface area (Å²) < 4.78 is 2.26. The van der Waals surface area contributed by atoms with Gasteiger partial charge in [-0.3, -0.25) is 0 Å². The number of rotatable bonds is 5. The fourth-order valence-corrected chi connectivity index (χ4v) is 6.67. The molecule has 0 N–H and O–H groups in total. The molecule has 0 aromatic rings. The maximum Gasteiger partial charge on any atom is -1.00 e. The molecule has 3 heteroatoms. The molecule has 1 unspecified atom stereocenters. The van der Waals surface area contributed by atoms with Crippen LogP contribution in [0.1, 0.15) is 46.5 Å². The fraction of sp³-hybridized carbons (Fsp3) is 0.500. The van der Waals surface area contributed by atoms with Crippen molar-refractivity contribution in [3.8, 4) is 0 Å². The zero-order valence-electron chi connectivity index (χ0n) is 12.0. The van der Waals surface area contributed by atoms with Crippen LogP contribution in [0, 0.1) is 0 Å². The van der Waals surface area contributed by atoms with Gasteiger partial charge in [0.05, 0.1) is 0 Å². The summed E-state index contributed by atoms with van der Waals surface area (Å²) in [6.07, 6.45) is 17.0. The average molecular weight is 376 g/mol. The summed E-state index contributed by atoms with van der Waals surface area (Å²) in [6, 6.07) is 0. The first-order valence-corrected chi connectivity index (χ1v) is 9.15. The van der Waals surface area contributed by atoms with Crippen molar-refractivity contribution in [3.05, 3.63) is 44.8 Å². The second-order valence-electron chi connectivity index (χ2n) is 5.25. The van der Waals surface area contributed by atoms with E-state index in [1.807, 2.05) is 0 Å². The number of hydrogen-bond donors (Lipinski definition) is 0. The summed E-state index contributed by atoms with van der Waals surface area (Å²) in [5, 5.41) is 0. The van der Waals surface area contributed by atoms with E-state index in [1.165, 1.54) is 25.7 Å². The van der Waals surface area contributed by atoms with Crippen LogP contribution < -0.4 is 24.8 Å². The Morgan fingerprint density at radius 2 is 2.05 bits per heavy atom. The van der Waals surface area contributed by atoms with Crippen molar-refractivity contribution in [2.75, 3.05) is 0 Å². The molecule has 2 rings (SSSR count). The van der Waals surface area contributed by atoms with E-state index in [4.69, 9.17) is 0 Å². The van der Waals surface area contributed by atoms with Crippen molar-refractivity contribution in [2.24, 2.45) is 0 Å². The van der Waals surface area contributed by atoms with Crippen molar-refractivity contribution in [1.29, 1.82) is 0 Å². The summed E-state index contributed by atoms with van der Waals surface area (Å²) in [7, 11) is 0. The first-order chi connectivity index (χ1) is 8.15. The van der Waals surface area contributed by atoms with Crippen LogP contribution in [0.3, 0.4) is 0 Å². The maximum atomic E-state index is 2.47. The summed E-state index contributed by atoms with van der Waals surface area (Å²) in [5.41, 5.74) is 3.27. The molecule has 0 heterocycles. The third-order valence-electron chi connectivity index (χ3n) is 3.77. The molecule has 19 heavy (non-hydrogen) atoms. The van der Waals surface area contributed by atoms with Gasteiger partial charge >= 0.3 is 118 Å². The number of halogens is 2. The van der Waals surface area contributed by atoms with Crippen molar-refractivity contribution in [3.63, 3.8) is 0 Å². The number of unbranched alkanes of at least 4 members (excludes halogenated alkanes) is 1. The first-order valence-electron chi connectivity index (χ1n) is 6.69. The molecule has 2 aliphatic rings. The molecule has 0 saturated carbocycles. The second kappa shape index (κ2) is 8.65. The monoisotopic (exact) mass is 374 g/mol. The second-order valence-corrected chi connectivity index (χ2v) is 9.90. The van der Waals surface area contributed by atoms with Gasteiger partial charge in [0, 0.05) is 0 Å². The van der Waals surface area contributed by atoms with Crippen molar-refractivity contribution >= 4 is 0 Å². The molecule has 1 atom stereocenters. The first kappa shape index (κ1) is 19.4. The van der Waals surface area contributed by atoms with Gasteiger partial charge in [0.25, 0.3) is 0 Å². The Morgan fingerprint density at radius 1 is 1.32 bits per heavy atom. The van der Waals surface area contributed by atoms with Crippen molar-refractivity contribution in [2.45, 2.75) is 49.6 Å². The SMILES string of the molecule is CCCCC1=CC=C[C]1(C)[Zr+2][C]1=C(C)C=CC1.[Cl-].[Cl-]. The third-order valence-corrected chi connectivity index (χ3v) is 8.46. The van der Waals surface area contributed by atoms with Gasteiger partial charge in [0.15, 0.2) is 0 Å². The number of hydrogen-bond acceptors (Lipinski definition) is 0. The smallest absolute Gasteiger partial charge is 1.00 e. The standard InChI is InChI=1S/C10H15.C6H7.2ClH.Zr/c1-3-4-7-10-8-5-6-9(10)2;1-6-4-2-3-5-6;;;/h5-6,8H,3-4,7H2,1-2H3;2,4H,3H2,1H3;2*1H;/q;;;;+2/p-2. The van der Waals surface area contributed by atoms with Crippen LogP contribution >= 0.6 is 0 Å². The molecule has 0 nitrogen and oxygen atoms in total.